The number of methoxy groups -OCH3 is 2. The third-order valence-corrected chi connectivity index (χ3v) is 5.93. The molecule has 0 atom stereocenters. The maximum Gasteiger partial charge on any atom is 0.233 e. The predicted molar refractivity (Wildman–Crippen MR) is 125 cm³/mol. The van der Waals surface area contributed by atoms with E-state index in [2.05, 4.69) is 26.4 Å². The van der Waals surface area contributed by atoms with E-state index in [1.54, 1.807) is 25.1 Å². The summed E-state index contributed by atoms with van der Waals surface area (Å²) in [5.41, 5.74) is 4.61. The summed E-state index contributed by atoms with van der Waals surface area (Å²) in [7, 11) is 5.04. The van der Waals surface area contributed by atoms with Crippen LogP contribution in [-0.4, -0.2) is 46.4 Å². The van der Waals surface area contributed by atoms with Crippen molar-refractivity contribution < 1.29 is 14.3 Å². The zero-order chi connectivity index (χ0) is 22.9. The highest BCUT2D eigenvalue weighted by Gasteiger charge is 2.25. The number of hydrogen-bond donors (Lipinski definition) is 1. The second kappa shape index (κ2) is 8.42. The zero-order valence-electron chi connectivity index (χ0n) is 18.7. The Bertz CT molecular complexity index is 1350. The molecule has 0 saturated heterocycles. The van der Waals surface area contributed by atoms with Gasteiger partial charge in [-0.05, 0) is 42.3 Å². The quantitative estimate of drug-likeness (QED) is 0.488. The van der Waals surface area contributed by atoms with Crippen molar-refractivity contribution in [2.75, 3.05) is 31.0 Å². The Morgan fingerprint density at radius 3 is 2.67 bits per heavy atom. The number of rotatable bonds is 6. The predicted octanol–water partition coefficient (Wildman–Crippen LogP) is 3.26. The molecule has 0 spiro atoms. The molecule has 2 aromatic heterocycles. The number of amides is 1. The van der Waals surface area contributed by atoms with Crippen molar-refractivity contribution in [3.8, 4) is 11.5 Å². The number of aryl methyl sites for hydroxylation is 1. The van der Waals surface area contributed by atoms with E-state index >= 15 is 0 Å². The summed E-state index contributed by atoms with van der Waals surface area (Å²) in [6.45, 7) is 0.670. The minimum Gasteiger partial charge on any atom is -0.493 e. The van der Waals surface area contributed by atoms with Crippen LogP contribution < -0.4 is 19.7 Å². The van der Waals surface area contributed by atoms with Gasteiger partial charge in [0.25, 0.3) is 0 Å². The van der Waals surface area contributed by atoms with Crippen LogP contribution in [0.25, 0.3) is 10.9 Å². The molecule has 9 nitrogen and oxygen atoms in total. The third kappa shape index (κ3) is 3.82. The molecule has 0 bridgehead atoms. The van der Waals surface area contributed by atoms with Gasteiger partial charge in [0.05, 0.1) is 26.2 Å². The van der Waals surface area contributed by atoms with Crippen LogP contribution in [0.4, 0.5) is 17.2 Å². The van der Waals surface area contributed by atoms with E-state index in [1.165, 1.54) is 6.33 Å². The normalized spacial score (nSPS) is 12.6. The van der Waals surface area contributed by atoms with Gasteiger partial charge in [-0.25, -0.2) is 9.97 Å². The van der Waals surface area contributed by atoms with Gasteiger partial charge in [0.2, 0.25) is 5.91 Å². The molecular formula is C24H24N6O3. The van der Waals surface area contributed by atoms with Crippen LogP contribution in [0.2, 0.25) is 0 Å². The maximum absolute atomic E-state index is 12.9. The molecular weight excluding hydrogens is 420 g/mol. The van der Waals surface area contributed by atoms with Crippen molar-refractivity contribution in [1.29, 1.82) is 0 Å². The smallest absolute Gasteiger partial charge is 0.233 e. The van der Waals surface area contributed by atoms with Gasteiger partial charge in [-0.15, -0.1) is 0 Å². The monoisotopic (exact) mass is 444 g/mol. The van der Waals surface area contributed by atoms with Gasteiger partial charge in [0, 0.05) is 48.3 Å². The van der Waals surface area contributed by atoms with Crippen molar-refractivity contribution in [3.63, 3.8) is 0 Å². The number of hydrogen-bond acceptors (Lipinski definition) is 7. The molecule has 9 heteroatoms. The van der Waals surface area contributed by atoms with Crippen molar-refractivity contribution in [2.24, 2.45) is 7.05 Å². The average molecular weight is 444 g/mol. The number of nitrogens with zero attached hydrogens (tertiary/aromatic N) is 5. The fraction of sp³-hybridized carbons (Fsp3) is 0.250. The van der Waals surface area contributed by atoms with E-state index in [9.17, 15) is 4.79 Å². The Labute approximate surface area is 191 Å². The SMILES string of the molecule is COc1cc2ncnc(Nc3ccc4c(c3)CCN4C(=O)Cc3ccnn3C)c2cc1OC. The third-order valence-electron chi connectivity index (χ3n) is 5.93. The molecule has 2 aromatic carbocycles. The first kappa shape index (κ1) is 20.7. The Kier molecular flexibility index (Phi) is 5.29. The van der Waals surface area contributed by atoms with Crippen LogP contribution in [0, 0.1) is 0 Å². The lowest BCUT2D eigenvalue weighted by atomic mass is 10.1. The summed E-state index contributed by atoms with van der Waals surface area (Å²) < 4.78 is 12.6. The lowest BCUT2D eigenvalue weighted by molar-refractivity contribution is -0.118. The zero-order valence-corrected chi connectivity index (χ0v) is 18.7. The molecule has 0 saturated carbocycles. The number of aromatic nitrogens is 4. The second-order valence-electron chi connectivity index (χ2n) is 7.83. The topological polar surface area (TPSA) is 94.4 Å². The largest absolute Gasteiger partial charge is 0.493 e. The first-order valence-electron chi connectivity index (χ1n) is 10.6. The van der Waals surface area contributed by atoms with Crippen molar-refractivity contribution in [3.05, 3.63) is 60.2 Å². The van der Waals surface area contributed by atoms with Crippen LogP contribution >= 0.6 is 0 Å². The van der Waals surface area contributed by atoms with Gasteiger partial charge in [-0.1, -0.05) is 0 Å². The molecule has 168 valence electrons. The van der Waals surface area contributed by atoms with Gasteiger partial charge in [-0.2, -0.15) is 5.10 Å². The van der Waals surface area contributed by atoms with Crippen LogP contribution in [0.15, 0.2) is 48.9 Å². The number of fused-ring (bicyclic) bond motifs is 2. The minimum absolute atomic E-state index is 0.0703. The molecule has 0 fully saturated rings. The molecule has 1 aliphatic rings. The fourth-order valence-corrected chi connectivity index (χ4v) is 4.18. The number of nitrogens with one attached hydrogen (secondary N) is 1. The number of carbonyl (C=O) groups is 1. The highest BCUT2D eigenvalue weighted by molar-refractivity contribution is 5.97. The number of anilines is 3. The van der Waals surface area contributed by atoms with Crippen molar-refractivity contribution >= 4 is 34.0 Å². The summed E-state index contributed by atoms with van der Waals surface area (Å²) in [6, 6.07) is 11.6. The number of ether oxygens (including phenoxy) is 2. The van der Waals surface area contributed by atoms with Gasteiger partial charge < -0.3 is 19.7 Å². The fourth-order valence-electron chi connectivity index (χ4n) is 4.18. The van der Waals surface area contributed by atoms with E-state index in [0.717, 1.165) is 40.0 Å². The number of benzene rings is 2. The molecule has 0 aliphatic carbocycles. The summed E-state index contributed by atoms with van der Waals surface area (Å²) in [5, 5.41) is 8.36. The Morgan fingerprint density at radius 2 is 1.91 bits per heavy atom. The molecule has 33 heavy (non-hydrogen) atoms. The van der Waals surface area contributed by atoms with Crippen LogP contribution in [0.1, 0.15) is 11.3 Å². The summed E-state index contributed by atoms with van der Waals surface area (Å²) in [6.07, 6.45) is 4.36. The lowest BCUT2D eigenvalue weighted by Crippen LogP contribution is -2.30. The highest BCUT2D eigenvalue weighted by atomic mass is 16.5. The van der Waals surface area contributed by atoms with Gasteiger partial charge in [0.15, 0.2) is 11.5 Å². The van der Waals surface area contributed by atoms with E-state index < -0.39 is 0 Å². The lowest BCUT2D eigenvalue weighted by Gasteiger charge is -2.18. The van der Waals surface area contributed by atoms with Crippen molar-refractivity contribution in [1.82, 2.24) is 19.7 Å². The molecule has 3 heterocycles. The molecule has 1 amide bonds. The molecule has 1 aliphatic heterocycles. The molecule has 0 radical (unpaired) electrons. The summed E-state index contributed by atoms with van der Waals surface area (Å²) >= 11 is 0. The van der Waals surface area contributed by atoms with Crippen LogP contribution in [0.3, 0.4) is 0 Å². The maximum atomic E-state index is 12.9. The van der Waals surface area contributed by atoms with Gasteiger partial charge >= 0.3 is 0 Å². The Balaban J connectivity index is 1.40. The summed E-state index contributed by atoms with van der Waals surface area (Å²) in [5.74, 6) is 1.96. The first-order chi connectivity index (χ1) is 16.1. The van der Waals surface area contributed by atoms with Gasteiger partial charge in [-0.3, -0.25) is 9.48 Å². The Morgan fingerprint density at radius 1 is 1.09 bits per heavy atom. The molecule has 4 aromatic rings. The second-order valence-corrected chi connectivity index (χ2v) is 7.83. The highest BCUT2D eigenvalue weighted by Crippen LogP contribution is 2.36. The molecule has 0 unspecified atom stereocenters. The van der Waals surface area contributed by atoms with Crippen molar-refractivity contribution in [2.45, 2.75) is 12.8 Å². The molecule has 5 rings (SSSR count). The standard InChI is InChI=1S/C24H24N6O3/c1-29-17(6-8-27-29)11-23(31)30-9-7-15-10-16(4-5-20(15)30)28-24-18-12-21(32-2)22(33-3)13-19(18)25-14-26-24/h4-6,8,10,12-14H,7,9,11H2,1-3H3,(H,25,26,28). The minimum atomic E-state index is 0.0703. The average Bonchev–Trinajstić information content (AvgIpc) is 3.44. The Hall–Kier alpha value is -4.14. The number of carbonyl (C=O) groups excluding carboxylic acids is 1. The van der Waals surface area contributed by atoms with E-state index in [1.807, 2.05) is 42.3 Å². The van der Waals surface area contributed by atoms with Crippen LogP contribution in [0.5, 0.6) is 11.5 Å². The van der Waals surface area contributed by atoms with E-state index in [0.29, 0.717) is 30.3 Å². The van der Waals surface area contributed by atoms with Gasteiger partial charge in [0.1, 0.15) is 12.1 Å². The van der Waals surface area contributed by atoms with Crippen LogP contribution in [-0.2, 0) is 24.7 Å². The summed E-state index contributed by atoms with van der Waals surface area (Å²) in [4.78, 5) is 23.5. The van der Waals surface area contributed by atoms with E-state index in [4.69, 9.17) is 9.47 Å². The first-order valence-corrected chi connectivity index (χ1v) is 10.6. The van der Waals surface area contributed by atoms with E-state index in [-0.39, 0.29) is 5.91 Å². The molecule has 1 N–H and O–H groups in total.